The molecule has 13 nitrogen and oxygen atoms in total. The monoisotopic (exact) mass is 728 g/mol. The number of aromatic nitrogens is 1. The molecule has 0 bridgehead atoms. The maximum absolute atomic E-state index is 14.1. The quantitative estimate of drug-likeness (QED) is 0.0930. The van der Waals surface area contributed by atoms with Gasteiger partial charge in [0, 0.05) is 25.0 Å². The fourth-order valence-electron chi connectivity index (χ4n) is 6.19. The molecule has 0 saturated carbocycles. The van der Waals surface area contributed by atoms with Crippen LogP contribution in [-0.4, -0.2) is 112 Å². The molecule has 50 heavy (non-hydrogen) atoms. The predicted molar refractivity (Wildman–Crippen MR) is 191 cm³/mol. The molecule has 15 heteroatoms. The molecule has 4 N–H and O–H groups in total. The van der Waals surface area contributed by atoms with Crippen molar-refractivity contribution in [1.82, 2.24) is 24.4 Å². The molecular weight excluding hydrogens is 681 g/mol. The van der Waals surface area contributed by atoms with Gasteiger partial charge < -0.3 is 30.5 Å². The Bertz CT molecular complexity index is 1700. The molecule has 3 amide bonds. The van der Waals surface area contributed by atoms with E-state index in [0.29, 0.717) is 25.2 Å². The molecule has 4 rings (SSSR count). The number of amides is 3. The molecule has 1 aliphatic heterocycles. The zero-order chi connectivity index (χ0) is 36.6. The maximum atomic E-state index is 14.1. The highest BCUT2D eigenvalue weighted by molar-refractivity contribution is 7.89. The lowest BCUT2D eigenvalue weighted by Crippen LogP contribution is -2.58. The average molecular weight is 729 g/mol. The Morgan fingerprint density at radius 1 is 1.08 bits per heavy atom. The number of rotatable bonds is 17. The van der Waals surface area contributed by atoms with Gasteiger partial charge in [-0.25, -0.2) is 18.2 Å². The summed E-state index contributed by atoms with van der Waals surface area (Å²) in [6, 6.07) is 11.9. The minimum absolute atomic E-state index is 0.0766. The normalized spacial score (nSPS) is 16.5. The van der Waals surface area contributed by atoms with Crippen molar-refractivity contribution in [3.05, 3.63) is 81.8 Å². The van der Waals surface area contributed by atoms with E-state index in [4.69, 9.17) is 5.21 Å². The van der Waals surface area contributed by atoms with Crippen LogP contribution in [0.3, 0.4) is 0 Å². The van der Waals surface area contributed by atoms with Crippen LogP contribution in [0, 0.1) is 18.8 Å². The molecule has 0 aliphatic carbocycles. The second kappa shape index (κ2) is 17.4. The van der Waals surface area contributed by atoms with E-state index in [1.807, 2.05) is 56.5 Å². The lowest BCUT2D eigenvalue weighted by Gasteiger charge is -2.37. The summed E-state index contributed by atoms with van der Waals surface area (Å²) in [6.07, 6.45) is -0.0659. The van der Waals surface area contributed by atoms with Crippen LogP contribution >= 0.6 is 11.3 Å². The Balaban J connectivity index is 1.62. The van der Waals surface area contributed by atoms with E-state index in [9.17, 15) is 28.2 Å². The first kappa shape index (κ1) is 38.9. The number of hydrogen-bond donors (Lipinski definition) is 4. The van der Waals surface area contributed by atoms with Gasteiger partial charge >= 0.3 is 6.03 Å². The Morgan fingerprint density at radius 2 is 1.76 bits per heavy atom. The second-order valence-electron chi connectivity index (χ2n) is 13.2. The lowest BCUT2D eigenvalue weighted by atomic mass is 9.97. The number of thiazole rings is 1. The van der Waals surface area contributed by atoms with Crippen molar-refractivity contribution in [2.45, 2.75) is 76.7 Å². The van der Waals surface area contributed by atoms with Crippen LogP contribution in [0.15, 0.2) is 70.0 Å². The number of carbonyl (C=O) groups is 2. The molecule has 4 atom stereocenters. The summed E-state index contributed by atoms with van der Waals surface area (Å²) in [6.45, 7) is 9.34. The molecule has 1 saturated heterocycles. The maximum Gasteiger partial charge on any atom is 0.321 e. The molecule has 2 heterocycles. The van der Waals surface area contributed by atoms with Crippen molar-refractivity contribution >= 4 is 39.5 Å². The number of benzene rings is 2. The minimum Gasteiger partial charge on any atom is -0.411 e. The summed E-state index contributed by atoms with van der Waals surface area (Å²) >= 11 is 1.51. The van der Waals surface area contributed by atoms with Crippen LogP contribution < -0.4 is 5.32 Å². The minimum atomic E-state index is -4.27. The van der Waals surface area contributed by atoms with Gasteiger partial charge in [0.1, 0.15) is 6.04 Å². The number of aliphatic hydroxyl groups is 2. The van der Waals surface area contributed by atoms with Crippen LogP contribution in [0.5, 0.6) is 0 Å². The third kappa shape index (κ3) is 9.46. The SMILES string of the molecule is Cc1nc(CN2CCN([C@H](C(=O)N[C@@H](Cc3ccccc3)[C@@H](O)CN([C@H](CO)C(C)C)S(=O)(=O)c3ccc(C=NO)cc3)C(C)C)C2=O)cs1. The Hall–Kier alpha value is -3.89. The van der Waals surface area contributed by atoms with Crippen molar-refractivity contribution in [2.24, 2.45) is 17.0 Å². The zero-order valence-corrected chi connectivity index (χ0v) is 30.7. The molecular formula is C35H48N6O7S2. The summed E-state index contributed by atoms with van der Waals surface area (Å²) in [5.74, 6) is -1.06. The van der Waals surface area contributed by atoms with Gasteiger partial charge in [-0.3, -0.25) is 4.79 Å². The largest absolute Gasteiger partial charge is 0.411 e. The van der Waals surface area contributed by atoms with Gasteiger partial charge in [0.25, 0.3) is 0 Å². The summed E-state index contributed by atoms with van der Waals surface area (Å²) in [4.78, 5) is 35.3. The van der Waals surface area contributed by atoms with Gasteiger partial charge in [-0.2, -0.15) is 4.31 Å². The number of urea groups is 1. The van der Waals surface area contributed by atoms with E-state index < -0.39 is 53.3 Å². The van der Waals surface area contributed by atoms with Crippen molar-refractivity contribution in [3.8, 4) is 0 Å². The molecule has 3 aromatic rings. The third-order valence-electron chi connectivity index (χ3n) is 8.86. The smallest absolute Gasteiger partial charge is 0.321 e. The number of oxime groups is 1. The van der Waals surface area contributed by atoms with Gasteiger partial charge in [0.2, 0.25) is 15.9 Å². The van der Waals surface area contributed by atoms with E-state index in [1.54, 1.807) is 23.6 Å². The molecule has 272 valence electrons. The summed E-state index contributed by atoms with van der Waals surface area (Å²) in [5, 5.41) is 39.9. The van der Waals surface area contributed by atoms with Crippen LogP contribution in [0.25, 0.3) is 0 Å². The number of sulfonamides is 1. The topological polar surface area (TPSA) is 176 Å². The van der Waals surface area contributed by atoms with Crippen molar-refractivity contribution in [3.63, 3.8) is 0 Å². The van der Waals surface area contributed by atoms with Crippen molar-refractivity contribution in [2.75, 3.05) is 26.2 Å². The molecule has 2 aromatic carbocycles. The standard InChI is InChI=1S/C35H48N6O7S2/c1-23(2)31(21-42)41(50(47,48)29-13-11-27(12-14-29)18-36-46)20-32(43)30(17-26-9-7-6-8-10-26)38-34(44)33(24(3)4)40-16-15-39(35(40)45)19-28-22-49-25(5)37-28/h6-14,18,22-24,30-33,42-43,46H,15-17,19-21H2,1-5H3,(H,38,44)/t30-,31+,32-,33-/m0/s1. The molecule has 1 aliphatic rings. The number of aryl methyl sites for hydroxylation is 1. The summed E-state index contributed by atoms with van der Waals surface area (Å²) < 4.78 is 29.3. The molecule has 0 spiro atoms. The van der Waals surface area contributed by atoms with Gasteiger partial charge in [-0.1, -0.05) is 75.3 Å². The lowest BCUT2D eigenvalue weighted by molar-refractivity contribution is -0.128. The average Bonchev–Trinajstić information content (AvgIpc) is 3.65. The highest BCUT2D eigenvalue weighted by atomic mass is 32.2. The van der Waals surface area contributed by atoms with E-state index in [1.165, 1.54) is 41.8 Å². The molecule has 0 radical (unpaired) electrons. The van der Waals surface area contributed by atoms with Crippen LogP contribution in [0.1, 0.15) is 49.5 Å². The summed E-state index contributed by atoms with van der Waals surface area (Å²) in [7, 11) is -4.27. The second-order valence-corrected chi connectivity index (χ2v) is 16.2. The number of nitrogens with zero attached hydrogens (tertiary/aromatic N) is 5. The highest BCUT2D eigenvalue weighted by Crippen LogP contribution is 2.25. The first-order valence-corrected chi connectivity index (χ1v) is 19.0. The van der Waals surface area contributed by atoms with E-state index >= 15 is 0 Å². The number of nitrogens with one attached hydrogen (secondary N) is 1. The Kier molecular flexibility index (Phi) is 13.5. The Labute approximate surface area is 298 Å². The zero-order valence-electron chi connectivity index (χ0n) is 29.1. The number of aliphatic hydroxyl groups excluding tert-OH is 2. The summed E-state index contributed by atoms with van der Waals surface area (Å²) in [5.41, 5.74) is 2.07. The first-order valence-electron chi connectivity index (χ1n) is 16.7. The fourth-order valence-corrected chi connectivity index (χ4v) is 8.56. The van der Waals surface area contributed by atoms with Gasteiger partial charge in [0.15, 0.2) is 0 Å². The van der Waals surface area contributed by atoms with Crippen molar-refractivity contribution in [1.29, 1.82) is 0 Å². The number of carbonyl (C=O) groups excluding carboxylic acids is 2. The molecule has 1 aromatic heterocycles. The predicted octanol–water partition coefficient (Wildman–Crippen LogP) is 3.32. The molecule has 0 unspecified atom stereocenters. The van der Waals surface area contributed by atoms with Crippen LogP contribution in [-0.2, 0) is 27.8 Å². The van der Waals surface area contributed by atoms with Crippen molar-refractivity contribution < 1.29 is 33.4 Å². The van der Waals surface area contributed by atoms with E-state index in [2.05, 4.69) is 15.5 Å². The molecule has 1 fully saturated rings. The first-order chi connectivity index (χ1) is 23.8. The van der Waals surface area contributed by atoms with Gasteiger partial charge in [-0.15, -0.1) is 11.3 Å². The third-order valence-corrected chi connectivity index (χ3v) is 11.6. The van der Waals surface area contributed by atoms with Crippen LogP contribution in [0.2, 0.25) is 0 Å². The van der Waals surface area contributed by atoms with E-state index in [0.717, 1.165) is 20.6 Å². The van der Waals surface area contributed by atoms with E-state index in [-0.39, 0.29) is 29.2 Å². The van der Waals surface area contributed by atoms with Crippen LogP contribution in [0.4, 0.5) is 4.79 Å². The fraction of sp³-hybridized carbons (Fsp3) is 0.486. The Morgan fingerprint density at radius 3 is 2.32 bits per heavy atom. The van der Waals surface area contributed by atoms with Gasteiger partial charge in [-0.05, 0) is 48.4 Å². The highest BCUT2D eigenvalue weighted by Gasteiger charge is 2.41. The van der Waals surface area contributed by atoms with Gasteiger partial charge in [0.05, 0.1) is 53.2 Å². The number of hydrogen-bond acceptors (Lipinski definition) is 10.